The molecular weight excluding hydrogens is 509 g/mol. The van der Waals surface area contributed by atoms with Crippen LogP contribution in [0.1, 0.15) is 49.0 Å². The zero-order valence-electron chi connectivity index (χ0n) is 15.4. The summed E-state index contributed by atoms with van der Waals surface area (Å²) in [4.78, 5) is 12.8. The fraction of sp³-hybridized carbons (Fsp3) is 0.350. The van der Waals surface area contributed by atoms with E-state index in [0.29, 0.717) is 29.6 Å². The lowest BCUT2D eigenvalue weighted by Gasteiger charge is -2.16. The molecule has 2 rings (SSSR count). The number of carbonyl (C=O) groups excluding carboxylic acids is 1. The van der Waals surface area contributed by atoms with E-state index >= 15 is 0 Å². The maximum atomic E-state index is 12.8. The average molecular weight is 532 g/mol. The second-order valence-electron chi connectivity index (χ2n) is 6.18. The van der Waals surface area contributed by atoms with Crippen molar-refractivity contribution in [2.75, 3.05) is 19.0 Å². The number of methoxy groups -OCH3 is 1. The second kappa shape index (κ2) is 9.60. The van der Waals surface area contributed by atoms with Crippen LogP contribution in [-0.4, -0.2) is 19.6 Å². The number of nitrogens with one attached hydrogen (secondary N) is 1. The summed E-state index contributed by atoms with van der Waals surface area (Å²) in [7, 11) is 1.58. The molecule has 0 unspecified atom stereocenters. The van der Waals surface area contributed by atoms with Gasteiger partial charge in [0.1, 0.15) is 0 Å². The molecule has 0 spiro atoms. The fourth-order valence-electron chi connectivity index (χ4n) is 2.51. The number of rotatable bonds is 7. The van der Waals surface area contributed by atoms with E-state index in [2.05, 4.69) is 57.7 Å². The molecule has 4 nitrogen and oxygen atoms in total. The van der Waals surface area contributed by atoms with Crippen molar-refractivity contribution in [2.45, 2.75) is 33.1 Å². The zero-order chi connectivity index (χ0) is 19.3. The fourth-order valence-corrected chi connectivity index (χ4v) is 3.65. The first-order chi connectivity index (χ1) is 12.4. The quantitative estimate of drug-likeness (QED) is 0.431. The third kappa shape index (κ3) is 5.13. The van der Waals surface area contributed by atoms with Crippen LogP contribution in [0.5, 0.6) is 11.5 Å². The topological polar surface area (TPSA) is 47.6 Å². The van der Waals surface area contributed by atoms with Gasteiger partial charge in [-0.25, -0.2) is 0 Å². The Bertz CT molecular complexity index is 793. The van der Waals surface area contributed by atoms with Crippen LogP contribution in [0.2, 0.25) is 0 Å². The van der Waals surface area contributed by atoms with Crippen LogP contribution < -0.4 is 14.8 Å². The normalized spacial score (nSPS) is 10.7. The maximum absolute atomic E-state index is 12.8. The number of hydrogen-bond acceptors (Lipinski definition) is 3. The SMILES string of the molecule is CCCOc1c(I)cc(C(=O)Nc2ccc(Br)cc2C(C)C)cc1OC. The molecule has 0 saturated carbocycles. The molecule has 1 amide bonds. The molecule has 0 bridgehead atoms. The second-order valence-corrected chi connectivity index (χ2v) is 8.26. The molecule has 0 fully saturated rings. The highest BCUT2D eigenvalue weighted by Crippen LogP contribution is 2.35. The molecule has 1 N–H and O–H groups in total. The van der Waals surface area contributed by atoms with Gasteiger partial charge < -0.3 is 14.8 Å². The minimum absolute atomic E-state index is 0.174. The number of hydrogen-bond donors (Lipinski definition) is 1. The molecule has 2 aromatic carbocycles. The third-order valence-corrected chi connectivity index (χ3v) is 5.12. The largest absolute Gasteiger partial charge is 0.493 e. The molecule has 0 atom stereocenters. The molecule has 2 aromatic rings. The van der Waals surface area contributed by atoms with E-state index in [1.165, 1.54) is 0 Å². The molecule has 0 aromatic heterocycles. The molecule has 0 radical (unpaired) electrons. The van der Waals surface area contributed by atoms with Crippen molar-refractivity contribution in [2.24, 2.45) is 0 Å². The minimum atomic E-state index is -0.174. The number of anilines is 1. The van der Waals surface area contributed by atoms with Crippen molar-refractivity contribution in [3.8, 4) is 11.5 Å². The van der Waals surface area contributed by atoms with Crippen LogP contribution in [0.15, 0.2) is 34.8 Å². The highest BCUT2D eigenvalue weighted by molar-refractivity contribution is 14.1. The molecule has 0 aliphatic heterocycles. The first-order valence-electron chi connectivity index (χ1n) is 8.48. The Hall–Kier alpha value is -1.28. The Morgan fingerprint density at radius 1 is 1.27 bits per heavy atom. The number of carbonyl (C=O) groups is 1. The number of amides is 1. The van der Waals surface area contributed by atoms with E-state index in [4.69, 9.17) is 9.47 Å². The smallest absolute Gasteiger partial charge is 0.255 e. The van der Waals surface area contributed by atoms with E-state index in [-0.39, 0.29) is 5.91 Å². The van der Waals surface area contributed by atoms with Gasteiger partial charge in [-0.05, 0) is 70.8 Å². The Balaban J connectivity index is 2.32. The van der Waals surface area contributed by atoms with Crippen LogP contribution in [0.4, 0.5) is 5.69 Å². The lowest BCUT2D eigenvalue weighted by atomic mass is 10.0. The van der Waals surface area contributed by atoms with E-state index < -0.39 is 0 Å². The Labute approximate surface area is 176 Å². The van der Waals surface area contributed by atoms with Gasteiger partial charge in [0.2, 0.25) is 0 Å². The van der Waals surface area contributed by atoms with Gasteiger partial charge in [0, 0.05) is 15.7 Å². The van der Waals surface area contributed by atoms with Crippen molar-refractivity contribution in [3.63, 3.8) is 0 Å². The van der Waals surface area contributed by atoms with Crippen LogP contribution >= 0.6 is 38.5 Å². The molecule has 26 heavy (non-hydrogen) atoms. The standard InChI is InChI=1S/C20H23BrINO3/c1-5-8-26-19-16(22)9-13(10-18(19)25-4)20(24)23-17-7-6-14(21)11-15(17)12(2)3/h6-7,9-12H,5,8H2,1-4H3,(H,23,24). The molecule has 0 aliphatic carbocycles. The molecule has 0 saturated heterocycles. The van der Waals surface area contributed by atoms with Crippen molar-refractivity contribution in [3.05, 3.63) is 49.5 Å². The van der Waals surface area contributed by atoms with Crippen LogP contribution in [-0.2, 0) is 0 Å². The Morgan fingerprint density at radius 2 is 2.00 bits per heavy atom. The lowest BCUT2D eigenvalue weighted by Crippen LogP contribution is -2.14. The maximum Gasteiger partial charge on any atom is 0.255 e. The van der Waals surface area contributed by atoms with Crippen molar-refractivity contribution >= 4 is 50.1 Å². The number of ether oxygens (including phenoxy) is 2. The summed E-state index contributed by atoms with van der Waals surface area (Å²) in [5.74, 6) is 1.36. The molecular formula is C20H23BrINO3. The van der Waals surface area contributed by atoms with Gasteiger partial charge in [-0.2, -0.15) is 0 Å². The van der Waals surface area contributed by atoms with Crippen molar-refractivity contribution < 1.29 is 14.3 Å². The summed E-state index contributed by atoms with van der Waals surface area (Å²) in [6, 6.07) is 9.41. The summed E-state index contributed by atoms with van der Waals surface area (Å²) in [6.07, 6.45) is 0.906. The van der Waals surface area contributed by atoms with Gasteiger partial charge in [0.15, 0.2) is 11.5 Å². The van der Waals surface area contributed by atoms with Gasteiger partial charge in [-0.15, -0.1) is 0 Å². The Kier molecular flexibility index (Phi) is 7.76. The van der Waals surface area contributed by atoms with Gasteiger partial charge in [-0.1, -0.05) is 36.7 Å². The van der Waals surface area contributed by atoms with E-state index in [1.54, 1.807) is 13.2 Å². The highest BCUT2D eigenvalue weighted by atomic mass is 127. The highest BCUT2D eigenvalue weighted by Gasteiger charge is 2.17. The summed E-state index contributed by atoms with van der Waals surface area (Å²) in [6.45, 7) is 6.85. The predicted octanol–water partition coefficient (Wildman–Crippen LogP) is 6.23. The van der Waals surface area contributed by atoms with Gasteiger partial charge in [-0.3, -0.25) is 4.79 Å². The first kappa shape index (κ1) is 21.0. The minimum Gasteiger partial charge on any atom is -0.493 e. The van der Waals surface area contributed by atoms with Gasteiger partial charge in [0.05, 0.1) is 17.3 Å². The van der Waals surface area contributed by atoms with E-state index in [1.807, 2.05) is 31.2 Å². The predicted molar refractivity (Wildman–Crippen MR) is 118 cm³/mol. The van der Waals surface area contributed by atoms with Gasteiger partial charge in [0.25, 0.3) is 5.91 Å². The molecule has 140 valence electrons. The van der Waals surface area contributed by atoms with Crippen LogP contribution in [0, 0.1) is 3.57 Å². The molecule has 0 heterocycles. The Morgan fingerprint density at radius 3 is 2.62 bits per heavy atom. The monoisotopic (exact) mass is 531 g/mol. The van der Waals surface area contributed by atoms with E-state index in [0.717, 1.165) is 25.7 Å². The summed E-state index contributed by atoms with van der Waals surface area (Å²) >= 11 is 5.66. The number of halogens is 2. The number of benzene rings is 2. The van der Waals surface area contributed by atoms with Gasteiger partial charge >= 0.3 is 0 Å². The molecule has 0 aliphatic rings. The van der Waals surface area contributed by atoms with Crippen LogP contribution in [0.25, 0.3) is 0 Å². The van der Waals surface area contributed by atoms with Crippen molar-refractivity contribution in [1.82, 2.24) is 0 Å². The third-order valence-electron chi connectivity index (χ3n) is 3.83. The molecule has 6 heteroatoms. The summed E-state index contributed by atoms with van der Waals surface area (Å²) in [5, 5.41) is 3.02. The average Bonchev–Trinajstić information content (AvgIpc) is 2.61. The summed E-state index contributed by atoms with van der Waals surface area (Å²) < 4.78 is 13.0. The first-order valence-corrected chi connectivity index (χ1v) is 10.4. The van der Waals surface area contributed by atoms with Crippen molar-refractivity contribution in [1.29, 1.82) is 0 Å². The summed E-state index contributed by atoms with van der Waals surface area (Å²) in [5.41, 5.74) is 2.43. The van der Waals surface area contributed by atoms with Crippen LogP contribution in [0.3, 0.4) is 0 Å². The van der Waals surface area contributed by atoms with E-state index in [9.17, 15) is 4.79 Å². The zero-order valence-corrected chi connectivity index (χ0v) is 19.1. The lowest BCUT2D eigenvalue weighted by molar-refractivity contribution is 0.102.